The predicted molar refractivity (Wildman–Crippen MR) is 131 cm³/mol. The first-order valence-corrected chi connectivity index (χ1v) is 13.6. The number of hydrogen-bond donors (Lipinski definition) is 0. The van der Waals surface area contributed by atoms with Gasteiger partial charge in [0.05, 0.1) is 0 Å². The Morgan fingerprint density at radius 3 is 2.32 bits per heavy atom. The monoisotopic (exact) mass is 565 g/mol. The molecule has 2 aliphatic rings. The molecule has 1 saturated heterocycles. The summed E-state index contributed by atoms with van der Waals surface area (Å²) in [5.74, 6) is -1.91. The van der Waals surface area contributed by atoms with E-state index >= 15 is 0 Å². The minimum Gasteiger partial charge on any atom is -0.456 e. The summed E-state index contributed by atoms with van der Waals surface area (Å²) in [5.41, 5.74) is -6.06. The van der Waals surface area contributed by atoms with E-state index in [1.54, 1.807) is 20.8 Å². The van der Waals surface area contributed by atoms with Crippen LogP contribution in [-0.4, -0.2) is 61.5 Å². The Labute approximate surface area is 220 Å². The molecule has 0 aromatic carbocycles. The van der Waals surface area contributed by atoms with Crippen LogP contribution in [0.2, 0.25) is 0 Å². The van der Waals surface area contributed by atoms with Crippen molar-refractivity contribution >= 4 is 28.0 Å². The van der Waals surface area contributed by atoms with Crippen molar-refractivity contribution in [1.29, 1.82) is 0 Å². The molecule has 0 aromatic heterocycles. The van der Waals surface area contributed by atoms with Crippen LogP contribution < -0.4 is 0 Å². The zero-order chi connectivity index (χ0) is 28.9. The number of allylic oxidation sites excluding steroid dienone is 4. The van der Waals surface area contributed by atoms with Crippen molar-refractivity contribution < 1.29 is 49.6 Å². The Balaban J connectivity index is 2.16. The Hall–Kier alpha value is -2.83. The largest absolute Gasteiger partial charge is 0.534 e. The van der Waals surface area contributed by atoms with Crippen LogP contribution in [0.4, 0.5) is 18.0 Å². The molecule has 1 fully saturated rings. The summed E-state index contributed by atoms with van der Waals surface area (Å²) in [7, 11) is -5.87. The number of carbonyl (C=O) groups excluding carboxylic acids is 3. The lowest BCUT2D eigenvalue weighted by atomic mass is 9.98. The Morgan fingerprint density at radius 1 is 1.11 bits per heavy atom. The molecular weight excluding hydrogens is 531 g/mol. The number of nitrogens with zero attached hydrogens (tertiary/aromatic N) is 1. The van der Waals surface area contributed by atoms with Crippen LogP contribution in [0, 0.1) is 5.92 Å². The summed E-state index contributed by atoms with van der Waals surface area (Å²) >= 11 is 0. The van der Waals surface area contributed by atoms with Crippen LogP contribution in [0.1, 0.15) is 66.2 Å². The Morgan fingerprint density at radius 2 is 1.74 bits per heavy atom. The van der Waals surface area contributed by atoms with E-state index in [0.29, 0.717) is 37.8 Å². The van der Waals surface area contributed by atoms with Crippen molar-refractivity contribution in [3.8, 4) is 0 Å². The van der Waals surface area contributed by atoms with Crippen LogP contribution in [0.15, 0.2) is 35.6 Å². The zero-order valence-corrected chi connectivity index (χ0v) is 22.7. The van der Waals surface area contributed by atoms with Crippen LogP contribution in [-0.2, 0) is 33.4 Å². The van der Waals surface area contributed by atoms with Gasteiger partial charge in [-0.3, -0.25) is 9.69 Å². The zero-order valence-electron chi connectivity index (χ0n) is 21.9. The number of hydrogen-bond acceptors (Lipinski definition) is 8. The first-order valence-electron chi connectivity index (χ1n) is 12.2. The molecule has 0 bridgehead atoms. The number of halogens is 3. The first-order chi connectivity index (χ1) is 17.4. The summed E-state index contributed by atoms with van der Waals surface area (Å²) in [6, 6.07) is -0.937. The number of carbonyl (C=O) groups is 3. The predicted octanol–water partition coefficient (Wildman–Crippen LogP) is 4.94. The number of ketones is 1. The standard InChI is InChI=1S/C25H34F3NO8S/c1-6-17-13-20(29(14-17)23(32)36-24(3,4)5)22(31)35-15-21(30)19-12-11-18(10-8-7-9-16(19)2)37-38(33,34)25(26,27)28/h11-12,17,20H,2,6-10,13-15H2,1,3-5H3/b18-11+,19-12?/t17-,20-/m0/s1. The van der Waals surface area contributed by atoms with Crippen molar-refractivity contribution in [3.05, 3.63) is 35.6 Å². The lowest BCUT2D eigenvalue weighted by molar-refractivity contribution is -0.151. The second-order valence-corrected chi connectivity index (χ2v) is 11.7. The van der Waals surface area contributed by atoms with E-state index < -0.39 is 57.5 Å². The highest BCUT2D eigenvalue weighted by atomic mass is 32.2. The molecule has 2 atom stereocenters. The molecule has 0 N–H and O–H groups in total. The maximum Gasteiger partial charge on any atom is 0.534 e. The highest BCUT2D eigenvalue weighted by Crippen LogP contribution is 2.30. The lowest BCUT2D eigenvalue weighted by Crippen LogP contribution is -2.44. The number of amides is 1. The molecule has 0 radical (unpaired) electrons. The fourth-order valence-electron chi connectivity index (χ4n) is 3.97. The minimum atomic E-state index is -5.87. The van der Waals surface area contributed by atoms with Gasteiger partial charge in [-0.2, -0.15) is 21.6 Å². The molecule has 0 unspecified atom stereocenters. The Bertz CT molecular complexity index is 1100. The molecule has 38 heavy (non-hydrogen) atoms. The molecule has 1 aliphatic heterocycles. The van der Waals surface area contributed by atoms with Crippen molar-refractivity contribution in [3.63, 3.8) is 0 Å². The highest BCUT2D eigenvalue weighted by Gasteiger charge is 2.48. The molecule has 2 rings (SSSR count). The molecule has 214 valence electrons. The smallest absolute Gasteiger partial charge is 0.456 e. The molecule has 1 aliphatic carbocycles. The van der Waals surface area contributed by atoms with E-state index in [1.165, 1.54) is 4.90 Å². The lowest BCUT2D eigenvalue weighted by Gasteiger charge is -2.27. The molecule has 0 aromatic rings. The number of ether oxygens (including phenoxy) is 2. The maximum absolute atomic E-state index is 12.9. The van der Waals surface area contributed by atoms with Crippen molar-refractivity contribution in [2.45, 2.75) is 83.4 Å². The topological polar surface area (TPSA) is 116 Å². The molecule has 0 spiro atoms. The average molecular weight is 566 g/mol. The van der Waals surface area contributed by atoms with Crippen molar-refractivity contribution in [2.75, 3.05) is 13.2 Å². The van der Waals surface area contributed by atoms with Crippen LogP contribution in [0.25, 0.3) is 0 Å². The number of esters is 1. The van der Waals surface area contributed by atoms with Gasteiger partial charge < -0.3 is 13.7 Å². The van der Waals surface area contributed by atoms with E-state index in [-0.39, 0.29) is 17.9 Å². The fourth-order valence-corrected chi connectivity index (χ4v) is 4.49. The molecule has 1 heterocycles. The normalized spacial score (nSPS) is 22.8. The minimum absolute atomic E-state index is 0.0351. The average Bonchev–Trinajstić information content (AvgIpc) is 3.25. The summed E-state index contributed by atoms with van der Waals surface area (Å²) in [6.45, 7) is 10.4. The van der Waals surface area contributed by atoms with Gasteiger partial charge >= 0.3 is 27.7 Å². The number of rotatable bonds is 7. The van der Waals surface area contributed by atoms with Gasteiger partial charge in [0.25, 0.3) is 0 Å². The number of likely N-dealkylation sites (tertiary alicyclic amines) is 1. The van der Waals surface area contributed by atoms with Crippen LogP contribution >= 0.6 is 0 Å². The summed E-state index contributed by atoms with van der Waals surface area (Å²) in [6.07, 6.45) is 3.39. The van der Waals surface area contributed by atoms with E-state index in [9.17, 15) is 36.0 Å². The van der Waals surface area contributed by atoms with E-state index in [4.69, 9.17) is 9.47 Å². The SMILES string of the molecule is C=C1CCCC/C(OS(=O)(=O)C(F)(F)F)=C\C=C1C(=O)COC(=O)[C@@H]1C[C@H](CC)CN1C(=O)OC(C)(C)C. The number of alkyl halides is 3. The molecule has 9 nitrogen and oxygen atoms in total. The van der Waals surface area contributed by atoms with Gasteiger partial charge in [0.15, 0.2) is 6.61 Å². The van der Waals surface area contributed by atoms with Gasteiger partial charge in [-0.15, -0.1) is 0 Å². The van der Waals surface area contributed by atoms with E-state index in [2.05, 4.69) is 10.8 Å². The third kappa shape index (κ3) is 8.60. The number of Topliss-reactive ketones (excluding diaryl/α,β-unsaturated/α-hetero) is 1. The van der Waals surface area contributed by atoms with E-state index in [0.717, 1.165) is 18.6 Å². The van der Waals surface area contributed by atoms with Crippen molar-refractivity contribution in [2.24, 2.45) is 5.92 Å². The molecule has 1 amide bonds. The summed E-state index contributed by atoms with van der Waals surface area (Å²) < 4.78 is 75.8. The maximum atomic E-state index is 12.9. The fraction of sp³-hybridized carbons (Fsp3) is 0.640. The summed E-state index contributed by atoms with van der Waals surface area (Å²) in [5, 5.41) is 0. The summed E-state index contributed by atoms with van der Waals surface area (Å²) in [4.78, 5) is 39.7. The molecule has 0 saturated carbocycles. The van der Waals surface area contributed by atoms with Gasteiger partial charge in [-0.25, -0.2) is 9.59 Å². The second kappa shape index (κ2) is 12.4. The van der Waals surface area contributed by atoms with Gasteiger partial charge in [0, 0.05) is 18.5 Å². The van der Waals surface area contributed by atoms with Gasteiger partial charge in [0.1, 0.15) is 17.4 Å². The Kier molecular flexibility index (Phi) is 10.2. The first kappa shape index (κ1) is 31.4. The second-order valence-electron chi connectivity index (χ2n) is 10.2. The van der Waals surface area contributed by atoms with Gasteiger partial charge in [-0.05, 0) is 70.1 Å². The third-order valence-corrected chi connectivity index (χ3v) is 6.98. The van der Waals surface area contributed by atoms with Gasteiger partial charge in [0.2, 0.25) is 5.78 Å². The molecule has 13 heteroatoms. The van der Waals surface area contributed by atoms with Gasteiger partial charge in [-0.1, -0.05) is 19.9 Å². The quantitative estimate of drug-likeness (QED) is 0.242. The molecular formula is C25H34F3NO8S. The van der Waals surface area contributed by atoms with Crippen LogP contribution in [0.5, 0.6) is 0 Å². The van der Waals surface area contributed by atoms with E-state index in [1.807, 2.05) is 6.92 Å². The third-order valence-electron chi connectivity index (χ3n) is 5.98. The highest BCUT2D eigenvalue weighted by molar-refractivity contribution is 7.87. The van der Waals surface area contributed by atoms with Crippen LogP contribution in [0.3, 0.4) is 0 Å². The van der Waals surface area contributed by atoms with Crippen molar-refractivity contribution in [1.82, 2.24) is 4.90 Å².